The van der Waals surface area contributed by atoms with Crippen LogP contribution in [0.1, 0.15) is 68.9 Å². The summed E-state index contributed by atoms with van der Waals surface area (Å²) in [5.41, 5.74) is 0.488. The maximum Gasteiger partial charge on any atom is 0.272 e. The van der Waals surface area contributed by atoms with Gasteiger partial charge in [0.1, 0.15) is 11.6 Å². The second-order valence-corrected chi connectivity index (χ2v) is 8.55. The first kappa shape index (κ1) is 28.0. The summed E-state index contributed by atoms with van der Waals surface area (Å²) in [5.74, 6) is -1.14. The maximum atomic E-state index is 13.8. The Labute approximate surface area is 202 Å². The number of nitro groups is 2. The quantitative estimate of drug-likeness (QED) is 0.310. The second kappa shape index (κ2) is 12.5. The molecule has 2 N–H and O–H groups in total. The van der Waals surface area contributed by atoms with Crippen molar-refractivity contribution in [1.82, 2.24) is 0 Å². The fourth-order valence-corrected chi connectivity index (χ4v) is 4.41. The second-order valence-electron chi connectivity index (χ2n) is 8.55. The number of aliphatic hydroxyl groups excluding tert-OH is 2. The van der Waals surface area contributed by atoms with Crippen molar-refractivity contribution in [2.24, 2.45) is 0 Å². The minimum absolute atomic E-state index is 0. The Balaban J connectivity index is 0.000000241. The molecule has 1 fully saturated rings. The van der Waals surface area contributed by atoms with Crippen LogP contribution in [0.25, 0.3) is 0 Å². The van der Waals surface area contributed by atoms with Crippen LogP contribution in [0.2, 0.25) is 0 Å². The molecule has 0 aliphatic heterocycles. The smallest absolute Gasteiger partial charge is 0.272 e. The molecule has 0 heterocycles. The van der Waals surface area contributed by atoms with Gasteiger partial charge in [0.2, 0.25) is 0 Å². The van der Waals surface area contributed by atoms with E-state index in [1.54, 1.807) is 0 Å². The molecule has 2 unspecified atom stereocenters. The van der Waals surface area contributed by atoms with Crippen molar-refractivity contribution in [3.8, 4) is 0 Å². The van der Waals surface area contributed by atoms with Gasteiger partial charge >= 0.3 is 0 Å². The highest BCUT2D eigenvalue weighted by Gasteiger charge is 2.30. The van der Waals surface area contributed by atoms with Crippen LogP contribution < -0.4 is 0 Å². The van der Waals surface area contributed by atoms with E-state index in [-0.39, 0.29) is 37.1 Å². The number of rotatable bonds is 4. The van der Waals surface area contributed by atoms with E-state index in [1.807, 2.05) is 6.08 Å². The standard InChI is InChI=1S/C12H14FNO4.C12H12FNO2.CH4/c13-10-6-8(14(17)18)2-3-9(10)7-1-4-11(15)12(16)5-7;13-12-8-10(14(15)16)6-7-11(12)9-4-2-1-3-5-9;/h2-3,6-7,11-12,15-16H,1,4-5H2;1-2,6-9H,3-5H2;1H4/t7?,11-,12+;;/m1../s1. The normalized spacial score (nSPS) is 23.4. The van der Waals surface area contributed by atoms with Gasteiger partial charge in [0.05, 0.1) is 34.2 Å². The summed E-state index contributed by atoms with van der Waals surface area (Å²) >= 11 is 0. The zero-order chi connectivity index (χ0) is 24.8. The Morgan fingerprint density at radius 2 is 1.31 bits per heavy atom. The largest absolute Gasteiger partial charge is 0.390 e. The van der Waals surface area contributed by atoms with Crippen molar-refractivity contribution >= 4 is 11.4 Å². The molecule has 0 saturated heterocycles. The molecule has 4 atom stereocenters. The van der Waals surface area contributed by atoms with Crippen LogP contribution in [0, 0.1) is 31.9 Å². The lowest BCUT2D eigenvalue weighted by molar-refractivity contribution is -0.385. The van der Waals surface area contributed by atoms with Gasteiger partial charge in [-0.1, -0.05) is 19.6 Å². The van der Waals surface area contributed by atoms with Gasteiger partial charge in [-0.15, -0.1) is 0 Å². The van der Waals surface area contributed by atoms with Crippen LogP contribution in [-0.2, 0) is 0 Å². The van der Waals surface area contributed by atoms with Crippen LogP contribution in [0.3, 0.4) is 0 Å². The highest BCUT2D eigenvalue weighted by molar-refractivity contribution is 5.37. The molecule has 2 aliphatic carbocycles. The van der Waals surface area contributed by atoms with E-state index >= 15 is 0 Å². The Hall–Kier alpha value is -3.24. The molecule has 35 heavy (non-hydrogen) atoms. The minimum atomic E-state index is -0.863. The molecule has 10 heteroatoms. The van der Waals surface area contributed by atoms with Gasteiger partial charge in [-0.2, -0.15) is 0 Å². The Morgan fingerprint density at radius 3 is 1.74 bits per heavy atom. The zero-order valence-electron chi connectivity index (χ0n) is 18.3. The monoisotopic (exact) mass is 492 g/mol. The van der Waals surface area contributed by atoms with Crippen molar-refractivity contribution in [2.45, 2.75) is 70.0 Å². The highest BCUT2D eigenvalue weighted by Crippen LogP contribution is 2.35. The molecule has 0 bridgehead atoms. The first-order valence-corrected chi connectivity index (χ1v) is 11.1. The number of nitrogens with zero attached hydrogens (tertiary/aromatic N) is 2. The fourth-order valence-electron chi connectivity index (χ4n) is 4.41. The van der Waals surface area contributed by atoms with E-state index in [4.69, 9.17) is 0 Å². The van der Waals surface area contributed by atoms with Crippen molar-refractivity contribution in [3.63, 3.8) is 0 Å². The van der Waals surface area contributed by atoms with Crippen LogP contribution >= 0.6 is 0 Å². The Kier molecular flexibility index (Phi) is 9.97. The third-order valence-electron chi connectivity index (χ3n) is 6.32. The predicted molar refractivity (Wildman–Crippen MR) is 127 cm³/mol. The maximum absolute atomic E-state index is 13.8. The first-order chi connectivity index (χ1) is 16.2. The lowest BCUT2D eigenvalue weighted by Crippen LogP contribution is -2.32. The molecule has 190 valence electrons. The van der Waals surface area contributed by atoms with Crippen molar-refractivity contribution in [1.29, 1.82) is 0 Å². The van der Waals surface area contributed by atoms with E-state index in [9.17, 15) is 39.2 Å². The Bertz CT molecular complexity index is 1080. The van der Waals surface area contributed by atoms with E-state index < -0.39 is 33.7 Å². The molecule has 2 aromatic carbocycles. The van der Waals surface area contributed by atoms with Crippen LogP contribution in [0.15, 0.2) is 48.6 Å². The van der Waals surface area contributed by atoms with E-state index in [1.165, 1.54) is 24.3 Å². The number of non-ortho nitro benzene ring substituents is 2. The summed E-state index contributed by atoms with van der Waals surface area (Å²) in [5, 5.41) is 39.9. The molecule has 0 radical (unpaired) electrons. The van der Waals surface area contributed by atoms with Crippen molar-refractivity contribution < 1.29 is 28.8 Å². The number of hydrogen-bond donors (Lipinski definition) is 2. The van der Waals surface area contributed by atoms with Gasteiger partial charge in [-0.3, -0.25) is 20.2 Å². The topological polar surface area (TPSA) is 127 Å². The molecular formula is C25H30F2N2O6. The molecule has 1 saturated carbocycles. The van der Waals surface area contributed by atoms with Gasteiger partial charge in [0.15, 0.2) is 0 Å². The summed E-state index contributed by atoms with van der Waals surface area (Å²) in [6.07, 6.45) is 6.40. The van der Waals surface area contributed by atoms with Gasteiger partial charge in [-0.25, -0.2) is 8.78 Å². The average molecular weight is 493 g/mol. The van der Waals surface area contributed by atoms with E-state index in [0.717, 1.165) is 31.4 Å². The summed E-state index contributed by atoms with van der Waals surface area (Å²) in [7, 11) is 0. The lowest BCUT2D eigenvalue weighted by atomic mass is 9.81. The zero-order valence-corrected chi connectivity index (χ0v) is 18.3. The van der Waals surface area contributed by atoms with Crippen LogP contribution in [0.5, 0.6) is 0 Å². The average Bonchev–Trinajstić information content (AvgIpc) is 2.81. The number of allylic oxidation sites excluding steroid dienone is 2. The number of hydrogen-bond acceptors (Lipinski definition) is 6. The summed E-state index contributed by atoms with van der Waals surface area (Å²) in [6, 6.07) is 7.47. The lowest BCUT2D eigenvalue weighted by Gasteiger charge is -2.30. The van der Waals surface area contributed by atoms with E-state index in [0.29, 0.717) is 24.0 Å². The summed E-state index contributed by atoms with van der Waals surface area (Å²) in [4.78, 5) is 19.7. The minimum Gasteiger partial charge on any atom is -0.390 e. The van der Waals surface area contributed by atoms with Gasteiger partial charge in [0.25, 0.3) is 11.4 Å². The number of benzene rings is 2. The highest BCUT2D eigenvalue weighted by atomic mass is 19.1. The number of aliphatic hydroxyl groups is 2. The van der Waals surface area contributed by atoms with Gasteiger partial charge in [-0.05, 0) is 73.6 Å². The third kappa shape index (κ3) is 7.12. The summed E-state index contributed by atoms with van der Waals surface area (Å²) in [6.45, 7) is 0. The molecule has 4 rings (SSSR count). The third-order valence-corrected chi connectivity index (χ3v) is 6.32. The molecule has 8 nitrogen and oxygen atoms in total. The fraction of sp³-hybridized carbons (Fsp3) is 0.440. The number of halogens is 2. The Morgan fingerprint density at radius 1 is 0.771 bits per heavy atom. The molecule has 0 amide bonds. The molecule has 0 spiro atoms. The molecular weight excluding hydrogens is 462 g/mol. The van der Waals surface area contributed by atoms with Crippen LogP contribution in [-0.4, -0.2) is 32.3 Å². The van der Waals surface area contributed by atoms with Crippen molar-refractivity contribution in [2.75, 3.05) is 0 Å². The summed E-state index contributed by atoms with van der Waals surface area (Å²) < 4.78 is 27.4. The first-order valence-electron chi connectivity index (χ1n) is 11.1. The molecule has 0 aromatic heterocycles. The van der Waals surface area contributed by atoms with Crippen LogP contribution in [0.4, 0.5) is 20.2 Å². The van der Waals surface area contributed by atoms with Gasteiger partial charge < -0.3 is 10.2 Å². The van der Waals surface area contributed by atoms with Crippen molar-refractivity contribution in [3.05, 3.63) is 91.5 Å². The molecule has 2 aromatic rings. The van der Waals surface area contributed by atoms with Gasteiger partial charge in [0, 0.05) is 12.1 Å². The SMILES string of the molecule is C.O=[N+]([O-])c1ccc(C2CC=CCC2)c(F)c1.O=[N+]([O-])c1ccc(C2CC[C@@H](O)[C@@H](O)C2)c(F)c1. The molecule has 2 aliphatic rings. The van der Waals surface area contributed by atoms with E-state index in [2.05, 4.69) is 6.08 Å². The predicted octanol–water partition coefficient (Wildman–Crippen LogP) is 5.92. The number of nitro benzene ring substituents is 2.